The van der Waals surface area contributed by atoms with Gasteiger partial charge in [0.15, 0.2) is 0 Å². The molecule has 0 aliphatic carbocycles. The Balaban J connectivity index is 1.80. The molecule has 4 rings (SSSR count). The number of primary amides is 1. The molecule has 178 valence electrons. The molecule has 0 spiro atoms. The van der Waals surface area contributed by atoms with Crippen molar-refractivity contribution in [1.29, 1.82) is 0 Å². The van der Waals surface area contributed by atoms with Gasteiger partial charge in [-0.25, -0.2) is 0 Å². The standard InChI is InChI=1S/C27H26N4O3S/c1-16-11-21(35-20-10-5-7-17(12-20)27(33)31(2)3)14-22-24(16)29-15-23(26(28)32)25(22)30-18-8-6-9-19(13-18)34-4/h5-15H,1-4H3,(H2,28,32)(H,29,30). The Kier molecular flexibility index (Phi) is 6.93. The molecular formula is C27H26N4O3S. The van der Waals surface area contributed by atoms with E-state index in [-0.39, 0.29) is 5.91 Å². The first-order valence-electron chi connectivity index (χ1n) is 10.9. The van der Waals surface area contributed by atoms with Crippen molar-refractivity contribution in [2.45, 2.75) is 16.7 Å². The van der Waals surface area contributed by atoms with Gasteiger partial charge in [0.1, 0.15) is 5.75 Å². The number of rotatable bonds is 7. The molecule has 0 saturated carbocycles. The third-order valence-electron chi connectivity index (χ3n) is 5.46. The van der Waals surface area contributed by atoms with Crippen molar-refractivity contribution < 1.29 is 14.3 Å². The van der Waals surface area contributed by atoms with Crippen molar-refractivity contribution in [1.82, 2.24) is 9.88 Å². The molecule has 3 aromatic carbocycles. The first kappa shape index (κ1) is 24.1. The predicted octanol–water partition coefficient (Wildman–Crippen LogP) is 5.25. The minimum Gasteiger partial charge on any atom is -0.497 e. The van der Waals surface area contributed by atoms with E-state index in [2.05, 4.69) is 10.3 Å². The number of nitrogens with zero attached hydrogens (tertiary/aromatic N) is 2. The van der Waals surface area contributed by atoms with E-state index < -0.39 is 5.91 Å². The molecule has 0 fully saturated rings. The number of nitrogens with one attached hydrogen (secondary N) is 1. The second-order valence-corrected chi connectivity index (χ2v) is 9.38. The van der Waals surface area contributed by atoms with E-state index in [0.717, 1.165) is 31.9 Å². The van der Waals surface area contributed by atoms with Crippen LogP contribution in [0.4, 0.5) is 11.4 Å². The molecule has 1 aromatic heterocycles. The van der Waals surface area contributed by atoms with E-state index in [1.807, 2.05) is 61.5 Å². The predicted molar refractivity (Wildman–Crippen MR) is 140 cm³/mol. The molecule has 0 radical (unpaired) electrons. The average molecular weight is 487 g/mol. The maximum Gasteiger partial charge on any atom is 0.253 e. The number of pyridine rings is 1. The number of amides is 2. The lowest BCUT2D eigenvalue weighted by Gasteiger charge is -2.16. The van der Waals surface area contributed by atoms with Crippen LogP contribution < -0.4 is 15.8 Å². The van der Waals surface area contributed by atoms with Gasteiger partial charge in [0.25, 0.3) is 11.8 Å². The second-order valence-electron chi connectivity index (χ2n) is 8.23. The zero-order chi connectivity index (χ0) is 25.1. The Labute approximate surface area is 208 Å². The third kappa shape index (κ3) is 5.22. The van der Waals surface area contributed by atoms with E-state index >= 15 is 0 Å². The van der Waals surface area contributed by atoms with Crippen molar-refractivity contribution in [3.63, 3.8) is 0 Å². The Morgan fingerprint density at radius 3 is 2.51 bits per heavy atom. The molecule has 1 heterocycles. The van der Waals surface area contributed by atoms with Crippen LogP contribution in [0, 0.1) is 6.92 Å². The van der Waals surface area contributed by atoms with Gasteiger partial charge in [-0.1, -0.05) is 23.9 Å². The highest BCUT2D eigenvalue weighted by Gasteiger charge is 2.17. The summed E-state index contributed by atoms with van der Waals surface area (Å²) in [5, 5.41) is 4.12. The monoisotopic (exact) mass is 486 g/mol. The van der Waals surface area contributed by atoms with Crippen LogP contribution in [0.25, 0.3) is 10.9 Å². The summed E-state index contributed by atoms with van der Waals surface area (Å²) in [5.41, 5.74) is 9.67. The number of anilines is 2. The fourth-order valence-corrected chi connectivity index (χ4v) is 4.78. The van der Waals surface area contributed by atoms with Crippen LogP contribution >= 0.6 is 11.8 Å². The number of fused-ring (bicyclic) bond motifs is 1. The van der Waals surface area contributed by atoms with Crippen molar-refractivity contribution in [3.8, 4) is 5.75 Å². The quantitative estimate of drug-likeness (QED) is 0.370. The third-order valence-corrected chi connectivity index (χ3v) is 6.42. The number of carbonyl (C=O) groups excluding carboxylic acids is 2. The zero-order valence-electron chi connectivity index (χ0n) is 20.0. The summed E-state index contributed by atoms with van der Waals surface area (Å²) in [6.45, 7) is 1.98. The summed E-state index contributed by atoms with van der Waals surface area (Å²) in [6.07, 6.45) is 1.50. The fraction of sp³-hybridized carbons (Fsp3) is 0.148. The number of aromatic nitrogens is 1. The minimum absolute atomic E-state index is 0.0535. The van der Waals surface area contributed by atoms with Crippen LogP contribution in [-0.4, -0.2) is 42.9 Å². The van der Waals surface area contributed by atoms with Gasteiger partial charge < -0.3 is 20.7 Å². The summed E-state index contributed by atoms with van der Waals surface area (Å²) in [5.74, 6) is 0.0613. The molecule has 0 saturated heterocycles. The largest absolute Gasteiger partial charge is 0.497 e. The molecule has 35 heavy (non-hydrogen) atoms. The van der Waals surface area contributed by atoms with Gasteiger partial charge >= 0.3 is 0 Å². The van der Waals surface area contributed by atoms with Crippen molar-refractivity contribution in [3.05, 3.63) is 83.6 Å². The normalized spacial score (nSPS) is 10.7. The molecule has 0 aliphatic heterocycles. The lowest BCUT2D eigenvalue weighted by molar-refractivity contribution is 0.0827. The second kappa shape index (κ2) is 10.1. The summed E-state index contributed by atoms with van der Waals surface area (Å²) in [7, 11) is 5.06. The molecule has 0 unspecified atom stereocenters. The van der Waals surface area contributed by atoms with Crippen molar-refractivity contribution in [2.75, 3.05) is 26.5 Å². The van der Waals surface area contributed by atoms with Gasteiger partial charge in [-0.05, 0) is 55.0 Å². The van der Waals surface area contributed by atoms with E-state index in [9.17, 15) is 9.59 Å². The molecular weight excluding hydrogens is 460 g/mol. The number of carbonyl (C=O) groups is 2. The average Bonchev–Trinajstić information content (AvgIpc) is 2.84. The Morgan fingerprint density at radius 1 is 1.03 bits per heavy atom. The van der Waals surface area contributed by atoms with Gasteiger partial charge in [0, 0.05) is 52.8 Å². The van der Waals surface area contributed by atoms with Crippen LogP contribution in [0.1, 0.15) is 26.3 Å². The number of hydrogen-bond donors (Lipinski definition) is 2. The maximum atomic E-state index is 12.4. The van der Waals surface area contributed by atoms with Gasteiger partial charge in [-0.2, -0.15) is 0 Å². The lowest BCUT2D eigenvalue weighted by Crippen LogP contribution is -2.21. The molecule has 0 bridgehead atoms. The minimum atomic E-state index is -0.574. The highest BCUT2D eigenvalue weighted by molar-refractivity contribution is 7.99. The van der Waals surface area contributed by atoms with E-state index in [1.54, 1.807) is 32.2 Å². The summed E-state index contributed by atoms with van der Waals surface area (Å²) in [4.78, 5) is 32.6. The molecule has 8 heteroatoms. The zero-order valence-corrected chi connectivity index (χ0v) is 20.8. The van der Waals surface area contributed by atoms with Crippen molar-refractivity contribution >= 4 is 45.9 Å². The summed E-state index contributed by atoms with van der Waals surface area (Å²) in [6, 6.07) is 19.0. The van der Waals surface area contributed by atoms with Gasteiger partial charge in [0.2, 0.25) is 0 Å². The molecule has 3 N–H and O–H groups in total. The van der Waals surface area contributed by atoms with Gasteiger partial charge in [0.05, 0.1) is 23.9 Å². The van der Waals surface area contributed by atoms with E-state index in [1.165, 1.54) is 18.0 Å². The Hall–Kier alpha value is -4.04. The van der Waals surface area contributed by atoms with Crippen LogP contribution in [0.3, 0.4) is 0 Å². The SMILES string of the molecule is COc1cccc(Nc2c(C(N)=O)cnc3c(C)cc(Sc4cccc(C(=O)N(C)C)c4)cc23)c1. The number of benzene rings is 3. The molecule has 0 atom stereocenters. The number of nitrogens with two attached hydrogens (primary N) is 1. The van der Waals surface area contributed by atoms with Gasteiger partial charge in [-0.15, -0.1) is 0 Å². The van der Waals surface area contributed by atoms with E-state index in [0.29, 0.717) is 22.6 Å². The number of ether oxygens (including phenoxy) is 1. The van der Waals surface area contributed by atoms with Gasteiger partial charge in [-0.3, -0.25) is 14.6 Å². The van der Waals surface area contributed by atoms with Crippen LogP contribution in [0.5, 0.6) is 5.75 Å². The first-order chi connectivity index (χ1) is 16.8. The van der Waals surface area contributed by atoms with Crippen LogP contribution in [-0.2, 0) is 0 Å². The topological polar surface area (TPSA) is 97.5 Å². The molecule has 2 amide bonds. The maximum absolute atomic E-state index is 12.4. The molecule has 7 nitrogen and oxygen atoms in total. The Bertz CT molecular complexity index is 1440. The number of methoxy groups -OCH3 is 1. The summed E-state index contributed by atoms with van der Waals surface area (Å²) >= 11 is 1.53. The van der Waals surface area contributed by atoms with Crippen LogP contribution in [0.2, 0.25) is 0 Å². The smallest absolute Gasteiger partial charge is 0.253 e. The molecule has 0 aliphatic rings. The van der Waals surface area contributed by atoms with E-state index in [4.69, 9.17) is 10.5 Å². The number of aryl methyl sites for hydroxylation is 1. The fourth-order valence-electron chi connectivity index (χ4n) is 3.76. The highest BCUT2D eigenvalue weighted by Crippen LogP contribution is 2.37. The first-order valence-corrected chi connectivity index (χ1v) is 11.7. The lowest BCUT2D eigenvalue weighted by atomic mass is 10.1. The van der Waals surface area contributed by atoms with Crippen LogP contribution in [0.15, 0.2) is 76.7 Å². The summed E-state index contributed by atoms with van der Waals surface area (Å²) < 4.78 is 5.33. The van der Waals surface area contributed by atoms with Crippen molar-refractivity contribution in [2.24, 2.45) is 5.73 Å². The Morgan fingerprint density at radius 2 is 1.80 bits per heavy atom. The molecule has 4 aromatic rings. The number of hydrogen-bond acceptors (Lipinski definition) is 6. The highest BCUT2D eigenvalue weighted by atomic mass is 32.2.